The lowest BCUT2D eigenvalue weighted by atomic mass is 10.2. The Morgan fingerprint density at radius 1 is 1.31 bits per heavy atom. The minimum absolute atomic E-state index is 0.153. The number of carboxylic acid groups (broad SMARTS) is 1. The molecule has 4 nitrogen and oxygen atoms in total. The molecule has 1 rings (SSSR count). The lowest BCUT2D eigenvalue weighted by molar-refractivity contribution is -0.132. The van der Waals surface area contributed by atoms with Crippen molar-refractivity contribution in [1.82, 2.24) is 4.90 Å². The maximum Gasteiger partial charge on any atom is 0.328 e. The van der Waals surface area contributed by atoms with Gasteiger partial charge >= 0.3 is 5.97 Å². The van der Waals surface area contributed by atoms with Gasteiger partial charge in [-0.1, -0.05) is 0 Å². The van der Waals surface area contributed by atoms with Gasteiger partial charge in [0.25, 0.3) is 0 Å². The first-order valence-electron chi connectivity index (χ1n) is 4.32. The van der Waals surface area contributed by atoms with E-state index in [9.17, 15) is 9.59 Å². The summed E-state index contributed by atoms with van der Waals surface area (Å²) >= 11 is 0. The number of hydrogen-bond donors (Lipinski definition) is 1. The first-order valence-corrected chi connectivity index (χ1v) is 4.32. The number of carbonyl (C=O) groups excluding carboxylic acids is 1. The Morgan fingerprint density at radius 3 is 2.31 bits per heavy atom. The summed E-state index contributed by atoms with van der Waals surface area (Å²) in [6.07, 6.45) is 3.00. The Balaban J connectivity index is 2.60. The third-order valence-corrected chi connectivity index (χ3v) is 2.07. The van der Waals surface area contributed by atoms with E-state index in [2.05, 4.69) is 0 Å². The van der Waals surface area contributed by atoms with Gasteiger partial charge in [0.1, 0.15) is 0 Å². The van der Waals surface area contributed by atoms with E-state index in [0.717, 1.165) is 32.0 Å². The Bertz CT molecular complexity index is 252. The zero-order valence-electron chi connectivity index (χ0n) is 7.62. The normalized spacial score (nSPS) is 17.6. The summed E-state index contributed by atoms with van der Waals surface area (Å²) in [5, 5.41) is 8.43. The maximum absolute atomic E-state index is 11.5. The fourth-order valence-electron chi connectivity index (χ4n) is 1.42. The van der Waals surface area contributed by atoms with Gasteiger partial charge in [0, 0.05) is 24.7 Å². The number of carboxylic acids is 1. The van der Waals surface area contributed by atoms with Crippen LogP contribution in [-0.2, 0) is 9.59 Å². The van der Waals surface area contributed by atoms with E-state index in [1.54, 1.807) is 4.90 Å². The van der Waals surface area contributed by atoms with Crippen molar-refractivity contribution in [2.75, 3.05) is 13.1 Å². The highest BCUT2D eigenvalue weighted by Gasteiger charge is 2.19. The average Bonchev–Trinajstić information content (AvgIpc) is 2.53. The Labute approximate surface area is 76.8 Å². The van der Waals surface area contributed by atoms with Crippen LogP contribution < -0.4 is 0 Å². The fourth-order valence-corrected chi connectivity index (χ4v) is 1.42. The van der Waals surface area contributed by atoms with E-state index in [1.165, 1.54) is 6.92 Å². The topological polar surface area (TPSA) is 57.6 Å². The largest absolute Gasteiger partial charge is 0.478 e. The Morgan fingerprint density at radius 2 is 1.85 bits per heavy atom. The van der Waals surface area contributed by atoms with Gasteiger partial charge in [-0.2, -0.15) is 0 Å². The van der Waals surface area contributed by atoms with Crippen LogP contribution in [0.25, 0.3) is 0 Å². The highest BCUT2D eigenvalue weighted by atomic mass is 16.4. The molecular weight excluding hydrogens is 170 g/mol. The molecule has 1 amide bonds. The highest BCUT2D eigenvalue weighted by Crippen LogP contribution is 2.11. The van der Waals surface area contributed by atoms with Gasteiger partial charge < -0.3 is 10.0 Å². The molecule has 1 aliphatic rings. The summed E-state index contributed by atoms with van der Waals surface area (Å²) in [6, 6.07) is 0. The molecule has 0 aliphatic carbocycles. The van der Waals surface area contributed by atoms with Crippen molar-refractivity contribution in [2.45, 2.75) is 19.8 Å². The van der Waals surface area contributed by atoms with Crippen molar-refractivity contribution in [3.63, 3.8) is 0 Å². The van der Waals surface area contributed by atoms with Gasteiger partial charge in [0.05, 0.1) is 0 Å². The molecule has 1 heterocycles. The number of nitrogens with zero attached hydrogens (tertiary/aromatic N) is 1. The molecule has 0 unspecified atom stereocenters. The van der Waals surface area contributed by atoms with Crippen LogP contribution in [0, 0.1) is 0 Å². The van der Waals surface area contributed by atoms with Gasteiger partial charge in [-0.25, -0.2) is 4.79 Å². The first-order chi connectivity index (χ1) is 6.11. The van der Waals surface area contributed by atoms with E-state index >= 15 is 0 Å². The number of rotatable bonds is 2. The number of likely N-dealkylation sites (tertiary alicyclic amines) is 1. The summed E-state index contributed by atoms with van der Waals surface area (Å²) < 4.78 is 0. The number of aliphatic carboxylic acids is 1. The molecule has 0 aromatic heterocycles. The molecule has 72 valence electrons. The van der Waals surface area contributed by atoms with Crippen LogP contribution in [0.1, 0.15) is 19.8 Å². The van der Waals surface area contributed by atoms with Gasteiger partial charge in [-0.05, 0) is 19.8 Å². The van der Waals surface area contributed by atoms with Gasteiger partial charge in [0.15, 0.2) is 0 Å². The predicted molar refractivity (Wildman–Crippen MR) is 47.2 cm³/mol. The third kappa shape index (κ3) is 2.57. The standard InChI is InChI=1S/C9H13NO3/c1-7(6-8(11)12)9(13)10-4-2-3-5-10/h6H,2-5H2,1H3,(H,11,12)/b7-6+. The second-order valence-electron chi connectivity index (χ2n) is 3.16. The molecule has 0 aromatic carbocycles. The summed E-state index contributed by atoms with van der Waals surface area (Å²) in [5.74, 6) is -1.22. The van der Waals surface area contributed by atoms with Crippen LogP contribution in [0.3, 0.4) is 0 Å². The van der Waals surface area contributed by atoms with Crippen molar-refractivity contribution in [3.8, 4) is 0 Å². The minimum atomic E-state index is -1.06. The summed E-state index contributed by atoms with van der Waals surface area (Å²) in [6.45, 7) is 3.04. The quantitative estimate of drug-likeness (QED) is 0.639. The predicted octanol–water partition coefficient (Wildman–Crippen LogP) is 0.640. The molecule has 0 atom stereocenters. The van der Waals surface area contributed by atoms with E-state index in [1.807, 2.05) is 0 Å². The average molecular weight is 183 g/mol. The van der Waals surface area contributed by atoms with Gasteiger partial charge in [-0.3, -0.25) is 4.79 Å². The molecule has 4 heteroatoms. The van der Waals surface area contributed by atoms with Crippen LogP contribution in [0.15, 0.2) is 11.6 Å². The van der Waals surface area contributed by atoms with Gasteiger partial charge in [0.2, 0.25) is 5.91 Å². The monoisotopic (exact) mass is 183 g/mol. The Hall–Kier alpha value is -1.32. The molecule has 0 bridgehead atoms. The molecule has 1 saturated heterocycles. The van der Waals surface area contributed by atoms with Crippen LogP contribution in [0.4, 0.5) is 0 Å². The van der Waals surface area contributed by atoms with Crippen molar-refractivity contribution < 1.29 is 14.7 Å². The smallest absolute Gasteiger partial charge is 0.328 e. The van der Waals surface area contributed by atoms with E-state index in [0.29, 0.717) is 5.57 Å². The summed E-state index contributed by atoms with van der Waals surface area (Å²) in [5.41, 5.74) is 0.300. The second kappa shape index (κ2) is 4.07. The van der Waals surface area contributed by atoms with Crippen LogP contribution in [-0.4, -0.2) is 35.0 Å². The molecule has 1 N–H and O–H groups in total. The first kappa shape index (κ1) is 9.77. The van der Waals surface area contributed by atoms with E-state index in [-0.39, 0.29) is 5.91 Å². The van der Waals surface area contributed by atoms with Crippen LogP contribution >= 0.6 is 0 Å². The molecule has 13 heavy (non-hydrogen) atoms. The molecule has 1 fully saturated rings. The molecule has 0 saturated carbocycles. The van der Waals surface area contributed by atoms with Crippen molar-refractivity contribution in [3.05, 3.63) is 11.6 Å². The van der Waals surface area contributed by atoms with E-state index < -0.39 is 5.97 Å². The van der Waals surface area contributed by atoms with Crippen molar-refractivity contribution >= 4 is 11.9 Å². The number of amides is 1. The number of hydrogen-bond acceptors (Lipinski definition) is 2. The Kier molecular flexibility index (Phi) is 3.06. The summed E-state index contributed by atoms with van der Waals surface area (Å²) in [4.78, 5) is 23.4. The fraction of sp³-hybridized carbons (Fsp3) is 0.556. The molecule has 0 aromatic rings. The zero-order chi connectivity index (χ0) is 9.84. The van der Waals surface area contributed by atoms with Crippen molar-refractivity contribution in [2.24, 2.45) is 0 Å². The number of carbonyl (C=O) groups is 2. The van der Waals surface area contributed by atoms with Gasteiger partial charge in [-0.15, -0.1) is 0 Å². The molecule has 0 radical (unpaired) electrons. The minimum Gasteiger partial charge on any atom is -0.478 e. The zero-order valence-corrected chi connectivity index (χ0v) is 7.62. The molecule has 0 spiro atoms. The maximum atomic E-state index is 11.5. The lowest BCUT2D eigenvalue weighted by Crippen LogP contribution is -2.28. The van der Waals surface area contributed by atoms with Crippen LogP contribution in [0.5, 0.6) is 0 Å². The molecular formula is C9H13NO3. The molecule has 1 aliphatic heterocycles. The SMILES string of the molecule is C/C(=C\C(=O)O)C(=O)N1CCCC1. The second-order valence-corrected chi connectivity index (χ2v) is 3.16. The highest BCUT2D eigenvalue weighted by molar-refractivity contribution is 5.98. The summed E-state index contributed by atoms with van der Waals surface area (Å²) in [7, 11) is 0. The lowest BCUT2D eigenvalue weighted by Gasteiger charge is -2.14. The van der Waals surface area contributed by atoms with E-state index in [4.69, 9.17) is 5.11 Å². The van der Waals surface area contributed by atoms with Crippen LogP contribution in [0.2, 0.25) is 0 Å². The van der Waals surface area contributed by atoms with Crippen molar-refractivity contribution in [1.29, 1.82) is 0 Å². The third-order valence-electron chi connectivity index (χ3n) is 2.07.